The quantitative estimate of drug-likeness (QED) is 0.791. The first-order valence-corrected chi connectivity index (χ1v) is 8.14. The van der Waals surface area contributed by atoms with Gasteiger partial charge in [-0.2, -0.15) is 0 Å². The zero-order chi connectivity index (χ0) is 16.0. The molecule has 2 N–H and O–H groups in total. The van der Waals surface area contributed by atoms with Gasteiger partial charge in [-0.05, 0) is 52.9 Å². The summed E-state index contributed by atoms with van der Waals surface area (Å²) < 4.78 is 0. The Hall–Kier alpha value is -1.26. The number of nitrogens with zero attached hydrogens (tertiary/aromatic N) is 1. The summed E-state index contributed by atoms with van der Waals surface area (Å²) in [7, 11) is 0. The fraction of sp³-hybridized carbons (Fsp3) is 0.875. The molecule has 5 heteroatoms. The van der Waals surface area contributed by atoms with Crippen LogP contribution in [-0.2, 0) is 4.79 Å². The fourth-order valence-corrected chi connectivity index (χ4v) is 3.03. The molecule has 5 nitrogen and oxygen atoms in total. The van der Waals surface area contributed by atoms with E-state index < -0.39 is 5.97 Å². The van der Waals surface area contributed by atoms with Crippen LogP contribution in [0.25, 0.3) is 0 Å². The molecule has 0 bridgehead atoms. The highest BCUT2D eigenvalue weighted by Gasteiger charge is 2.29. The highest BCUT2D eigenvalue weighted by Crippen LogP contribution is 2.22. The lowest BCUT2D eigenvalue weighted by Crippen LogP contribution is -2.53. The number of piperidine rings is 1. The molecule has 1 saturated heterocycles. The van der Waals surface area contributed by atoms with Crippen LogP contribution in [0.15, 0.2) is 0 Å². The number of carboxylic acid groups (broad SMARTS) is 1. The maximum Gasteiger partial charge on any atom is 0.318 e. The van der Waals surface area contributed by atoms with Gasteiger partial charge in [-0.1, -0.05) is 13.3 Å². The molecule has 122 valence electrons. The lowest BCUT2D eigenvalue weighted by molar-refractivity contribution is -0.141. The summed E-state index contributed by atoms with van der Waals surface area (Å²) in [6, 6.07) is 0.703. The molecule has 21 heavy (non-hydrogen) atoms. The molecule has 2 unspecified atom stereocenters. The van der Waals surface area contributed by atoms with E-state index in [9.17, 15) is 9.59 Å². The van der Waals surface area contributed by atoms with Crippen LogP contribution in [0.2, 0.25) is 0 Å². The maximum atomic E-state index is 12.4. The largest absolute Gasteiger partial charge is 0.481 e. The number of carbonyl (C=O) groups excluding carboxylic acids is 1. The molecule has 4 atom stereocenters. The number of hydrogen-bond acceptors (Lipinski definition) is 2. The Kier molecular flexibility index (Phi) is 6.99. The van der Waals surface area contributed by atoms with E-state index in [0.717, 1.165) is 25.7 Å². The fourth-order valence-electron chi connectivity index (χ4n) is 3.03. The Labute approximate surface area is 128 Å². The van der Waals surface area contributed by atoms with Gasteiger partial charge in [-0.15, -0.1) is 0 Å². The second-order valence-corrected chi connectivity index (χ2v) is 6.56. The summed E-state index contributed by atoms with van der Waals surface area (Å²) in [4.78, 5) is 25.1. The number of urea groups is 1. The smallest absolute Gasteiger partial charge is 0.318 e. The van der Waals surface area contributed by atoms with Gasteiger partial charge in [0.05, 0.1) is 5.92 Å². The van der Waals surface area contributed by atoms with Gasteiger partial charge in [0.25, 0.3) is 0 Å². The Morgan fingerprint density at radius 1 is 1.19 bits per heavy atom. The summed E-state index contributed by atoms with van der Waals surface area (Å²) in [5.41, 5.74) is 0. The van der Waals surface area contributed by atoms with Gasteiger partial charge in [0.1, 0.15) is 0 Å². The van der Waals surface area contributed by atoms with Crippen molar-refractivity contribution in [2.75, 3.05) is 0 Å². The number of carboxylic acids is 1. The summed E-state index contributed by atoms with van der Waals surface area (Å²) in [5, 5.41) is 11.9. The highest BCUT2D eigenvalue weighted by atomic mass is 16.4. The molecule has 0 aromatic carbocycles. The molecule has 0 spiro atoms. The summed E-state index contributed by atoms with van der Waals surface area (Å²) in [6.07, 6.45) is 5.63. The van der Waals surface area contributed by atoms with Crippen molar-refractivity contribution in [2.24, 2.45) is 5.92 Å². The van der Waals surface area contributed by atoms with E-state index in [0.29, 0.717) is 18.5 Å². The van der Waals surface area contributed by atoms with Crippen molar-refractivity contribution in [1.82, 2.24) is 10.2 Å². The van der Waals surface area contributed by atoms with Crippen LogP contribution >= 0.6 is 0 Å². The SMILES string of the molecule is CC(CCCC(C)C(=O)O)NC(=O)N1[C@H](C)CCC[C@@H]1C. The molecule has 0 radical (unpaired) electrons. The number of rotatable bonds is 6. The molecule has 0 saturated carbocycles. The Bertz CT molecular complexity index is 349. The van der Waals surface area contributed by atoms with Crippen molar-refractivity contribution in [1.29, 1.82) is 0 Å². The molecular formula is C16H30N2O3. The van der Waals surface area contributed by atoms with Crippen molar-refractivity contribution in [3.05, 3.63) is 0 Å². The third-order valence-electron chi connectivity index (χ3n) is 4.49. The molecule has 0 aromatic heterocycles. The van der Waals surface area contributed by atoms with Crippen LogP contribution < -0.4 is 5.32 Å². The van der Waals surface area contributed by atoms with E-state index in [1.165, 1.54) is 6.42 Å². The van der Waals surface area contributed by atoms with E-state index in [4.69, 9.17) is 5.11 Å². The topological polar surface area (TPSA) is 69.6 Å². The van der Waals surface area contributed by atoms with Gasteiger partial charge in [0, 0.05) is 18.1 Å². The highest BCUT2D eigenvalue weighted by molar-refractivity contribution is 5.75. The number of amides is 2. The molecular weight excluding hydrogens is 268 g/mol. The van der Waals surface area contributed by atoms with Crippen molar-refractivity contribution in [2.45, 2.75) is 84.3 Å². The first-order chi connectivity index (χ1) is 9.82. The average Bonchev–Trinajstić information content (AvgIpc) is 2.37. The number of aliphatic carboxylic acids is 1. The number of carbonyl (C=O) groups is 2. The minimum Gasteiger partial charge on any atom is -0.481 e. The minimum absolute atomic E-state index is 0.0217. The third-order valence-corrected chi connectivity index (χ3v) is 4.49. The second-order valence-electron chi connectivity index (χ2n) is 6.56. The van der Waals surface area contributed by atoms with Crippen LogP contribution in [0.4, 0.5) is 4.79 Å². The Morgan fingerprint density at radius 2 is 1.76 bits per heavy atom. The van der Waals surface area contributed by atoms with Crippen LogP contribution in [0.3, 0.4) is 0 Å². The van der Waals surface area contributed by atoms with E-state index in [2.05, 4.69) is 19.2 Å². The van der Waals surface area contributed by atoms with Crippen LogP contribution in [0.5, 0.6) is 0 Å². The minimum atomic E-state index is -0.748. The first-order valence-electron chi connectivity index (χ1n) is 8.14. The summed E-state index contributed by atoms with van der Waals surface area (Å²) >= 11 is 0. The van der Waals surface area contributed by atoms with Crippen molar-refractivity contribution in [3.8, 4) is 0 Å². The van der Waals surface area contributed by atoms with Crippen LogP contribution in [0, 0.1) is 5.92 Å². The van der Waals surface area contributed by atoms with E-state index >= 15 is 0 Å². The predicted molar refractivity (Wildman–Crippen MR) is 83.3 cm³/mol. The second kappa shape index (κ2) is 8.25. The Morgan fingerprint density at radius 3 is 2.29 bits per heavy atom. The van der Waals surface area contributed by atoms with Gasteiger partial charge in [0.2, 0.25) is 0 Å². The van der Waals surface area contributed by atoms with Gasteiger partial charge in [-0.25, -0.2) is 4.79 Å². The van der Waals surface area contributed by atoms with Crippen molar-refractivity contribution < 1.29 is 14.7 Å². The monoisotopic (exact) mass is 298 g/mol. The third kappa shape index (κ3) is 5.56. The number of nitrogens with one attached hydrogen (secondary N) is 1. The normalized spacial score (nSPS) is 25.2. The van der Waals surface area contributed by atoms with E-state index in [1.54, 1.807) is 6.92 Å². The molecule has 1 fully saturated rings. The summed E-state index contributed by atoms with van der Waals surface area (Å²) in [6.45, 7) is 7.92. The molecule has 0 aromatic rings. The predicted octanol–water partition coefficient (Wildman–Crippen LogP) is 3.24. The maximum absolute atomic E-state index is 12.4. The molecule has 0 aliphatic carbocycles. The standard InChI is InChI=1S/C16H30N2O3/c1-11(15(19)20)7-5-8-12(2)17-16(21)18-13(3)9-6-10-14(18)4/h11-14H,5-10H2,1-4H3,(H,17,21)(H,19,20)/t11?,12?,13-,14+. The average molecular weight is 298 g/mol. The van der Waals surface area contributed by atoms with Gasteiger partial charge in [0.15, 0.2) is 0 Å². The lowest BCUT2D eigenvalue weighted by atomic mass is 9.98. The molecule has 1 heterocycles. The van der Waals surface area contributed by atoms with Gasteiger partial charge in [-0.3, -0.25) is 4.79 Å². The van der Waals surface area contributed by atoms with Crippen molar-refractivity contribution >= 4 is 12.0 Å². The number of hydrogen-bond donors (Lipinski definition) is 2. The van der Waals surface area contributed by atoms with Gasteiger partial charge >= 0.3 is 12.0 Å². The van der Waals surface area contributed by atoms with Gasteiger partial charge < -0.3 is 15.3 Å². The lowest BCUT2D eigenvalue weighted by Gasteiger charge is -2.39. The Balaban J connectivity index is 2.34. The molecule has 2 amide bonds. The van der Waals surface area contributed by atoms with Crippen molar-refractivity contribution in [3.63, 3.8) is 0 Å². The van der Waals surface area contributed by atoms with E-state index in [1.807, 2.05) is 11.8 Å². The summed E-state index contributed by atoms with van der Waals surface area (Å²) in [5.74, 6) is -1.06. The molecule has 1 rings (SSSR count). The van der Waals surface area contributed by atoms with Crippen LogP contribution in [-0.4, -0.2) is 40.1 Å². The zero-order valence-corrected chi connectivity index (χ0v) is 13.8. The number of likely N-dealkylation sites (tertiary alicyclic amines) is 1. The van der Waals surface area contributed by atoms with E-state index in [-0.39, 0.29) is 18.0 Å². The molecule has 1 aliphatic heterocycles. The molecule has 1 aliphatic rings. The zero-order valence-electron chi connectivity index (χ0n) is 13.8. The van der Waals surface area contributed by atoms with Crippen LogP contribution in [0.1, 0.15) is 66.2 Å². The first kappa shape index (κ1) is 17.8.